The second-order valence-corrected chi connectivity index (χ2v) is 4.57. The molecule has 0 aromatic carbocycles. The van der Waals surface area contributed by atoms with Crippen LogP contribution in [0.25, 0.3) is 0 Å². The molecular formula is C12H18N2O. The van der Waals surface area contributed by atoms with E-state index in [9.17, 15) is 5.11 Å². The predicted octanol–water partition coefficient (Wildman–Crippen LogP) is 1.08. The van der Waals surface area contributed by atoms with E-state index in [1.165, 1.54) is 0 Å². The third-order valence-electron chi connectivity index (χ3n) is 3.17. The summed E-state index contributed by atoms with van der Waals surface area (Å²) in [5.74, 6) is 0. The van der Waals surface area contributed by atoms with E-state index in [1.54, 1.807) is 6.20 Å². The van der Waals surface area contributed by atoms with Crippen LogP contribution in [-0.4, -0.2) is 40.7 Å². The maximum atomic E-state index is 10.4. The molecule has 0 spiro atoms. The van der Waals surface area contributed by atoms with E-state index in [2.05, 4.69) is 16.9 Å². The lowest BCUT2D eigenvalue weighted by atomic mass is 9.86. The van der Waals surface area contributed by atoms with Crippen LogP contribution in [0.15, 0.2) is 24.5 Å². The highest BCUT2D eigenvalue weighted by Crippen LogP contribution is 2.25. The number of pyridine rings is 1. The maximum Gasteiger partial charge on any atom is 0.0712 e. The molecule has 0 amide bonds. The summed E-state index contributed by atoms with van der Waals surface area (Å²) in [5, 5.41) is 10.4. The van der Waals surface area contributed by atoms with E-state index in [0.29, 0.717) is 0 Å². The Bertz CT molecular complexity index is 305. The van der Waals surface area contributed by atoms with Crippen LogP contribution in [-0.2, 0) is 6.42 Å². The Labute approximate surface area is 90.8 Å². The van der Waals surface area contributed by atoms with Gasteiger partial charge in [-0.25, -0.2) is 0 Å². The molecule has 0 saturated carbocycles. The zero-order valence-electron chi connectivity index (χ0n) is 9.19. The standard InChI is InChI=1S/C12H18N2O/c1-14-7-4-12(15,5-8-14)9-11-3-2-6-13-10-11/h2-3,6,10,15H,4-5,7-9H2,1H3. The monoisotopic (exact) mass is 206 g/mol. The Morgan fingerprint density at radius 2 is 2.20 bits per heavy atom. The molecule has 0 atom stereocenters. The van der Waals surface area contributed by atoms with Gasteiger partial charge >= 0.3 is 0 Å². The summed E-state index contributed by atoms with van der Waals surface area (Å²) in [4.78, 5) is 6.34. The Hall–Kier alpha value is -0.930. The van der Waals surface area contributed by atoms with Crippen molar-refractivity contribution in [3.8, 4) is 0 Å². The summed E-state index contributed by atoms with van der Waals surface area (Å²) in [6.07, 6.45) is 6.06. The van der Waals surface area contributed by atoms with E-state index in [4.69, 9.17) is 0 Å². The second kappa shape index (κ2) is 4.29. The van der Waals surface area contributed by atoms with Gasteiger partial charge in [-0.05, 0) is 31.5 Å². The van der Waals surface area contributed by atoms with Gasteiger partial charge in [0, 0.05) is 31.9 Å². The molecule has 0 radical (unpaired) electrons. The third-order valence-corrected chi connectivity index (χ3v) is 3.17. The highest BCUT2D eigenvalue weighted by Gasteiger charge is 2.31. The van der Waals surface area contributed by atoms with Crippen molar-refractivity contribution in [2.75, 3.05) is 20.1 Å². The Balaban J connectivity index is 1.99. The topological polar surface area (TPSA) is 36.4 Å². The van der Waals surface area contributed by atoms with Gasteiger partial charge in [0.2, 0.25) is 0 Å². The number of aromatic nitrogens is 1. The Kier molecular flexibility index (Phi) is 3.03. The first-order valence-corrected chi connectivity index (χ1v) is 5.48. The fourth-order valence-corrected chi connectivity index (χ4v) is 2.09. The lowest BCUT2D eigenvalue weighted by molar-refractivity contribution is -0.0150. The molecule has 1 saturated heterocycles. The maximum absolute atomic E-state index is 10.4. The normalized spacial score (nSPS) is 21.5. The quantitative estimate of drug-likeness (QED) is 0.786. The average molecular weight is 206 g/mol. The van der Waals surface area contributed by atoms with Gasteiger partial charge in [0.25, 0.3) is 0 Å². The van der Waals surface area contributed by atoms with Crippen LogP contribution in [0.2, 0.25) is 0 Å². The van der Waals surface area contributed by atoms with E-state index in [1.807, 2.05) is 18.3 Å². The summed E-state index contributed by atoms with van der Waals surface area (Å²) in [6.45, 7) is 1.97. The molecule has 15 heavy (non-hydrogen) atoms. The van der Waals surface area contributed by atoms with Crippen molar-refractivity contribution >= 4 is 0 Å². The van der Waals surface area contributed by atoms with Gasteiger partial charge in [0.1, 0.15) is 0 Å². The van der Waals surface area contributed by atoms with Crippen molar-refractivity contribution in [1.29, 1.82) is 0 Å². The number of rotatable bonds is 2. The predicted molar refractivity (Wildman–Crippen MR) is 59.6 cm³/mol. The van der Waals surface area contributed by atoms with Gasteiger partial charge in [-0.3, -0.25) is 4.98 Å². The fourth-order valence-electron chi connectivity index (χ4n) is 2.09. The van der Waals surface area contributed by atoms with Gasteiger partial charge < -0.3 is 10.0 Å². The highest BCUT2D eigenvalue weighted by atomic mass is 16.3. The summed E-state index contributed by atoms with van der Waals surface area (Å²) >= 11 is 0. The molecule has 1 fully saturated rings. The number of aliphatic hydroxyl groups is 1. The smallest absolute Gasteiger partial charge is 0.0712 e. The van der Waals surface area contributed by atoms with Crippen molar-refractivity contribution in [2.45, 2.75) is 24.9 Å². The molecular weight excluding hydrogens is 188 g/mol. The number of hydrogen-bond donors (Lipinski definition) is 1. The van der Waals surface area contributed by atoms with Crippen molar-refractivity contribution < 1.29 is 5.11 Å². The number of hydrogen-bond acceptors (Lipinski definition) is 3. The van der Waals surface area contributed by atoms with Crippen molar-refractivity contribution in [1.82, 2.24) is 9.88 Å². The average Bonchev–Trinajstić information content (AvgIpc) is 2.24. The number of nitrogens with zero attached hydrogens (tertiary/aromatic N) is 2. The summed E-state index contributed by atoms with van der Waals surface area (Å²) in [7, 11) is 2.10. The summed E-state index contributed by atoms with van der Waals surface area (Å²) < 4.78 is 0. The van der Waals surface area contributed by atoms with Gasteiger partial charge in [0.05, 0.1) is 5.60 Å². The molecule has 82 valence electrons. The zero-order chi connectivity index (χ0) is 10.7. The Morgan fingerprint density at radius 1 is 1.47 bits per heavy atom. The summed E-state index contributed by atoms with van der Waals surface area (Å²) in [5.41, 5.74) is 0.611. The molecule has 0 aliphatic carbocycles. The minimum Gasteiger partial charge on any atom is -0.389 e. The SMILES string of the molecule is CN1CCC(O)(Cc2cccnc2)CC1. The molecule has 2 heterocycles. The first-order chi connectivity index (χ1) is 7.18. The first-order valence-electron chi connectivity index (χ1n) is 5.48. The van der Waals surface area contributed by atoms with Crippen molar-refractivity contribution in [3.05, 3.63) is 30.1 Å². The molecule has 3 heteroatoms. The van der Waals surface area contributed by atoms with Crippen molar-refractivity contribution in [3.63, 3.8) is 0 Å². The van der Waals surface area contributed by atoms with Crippen LogP contribution in [0.4, 0.5) is 0 Å². The van der Waals surface area contributed by atoms with Crippen molar-refractivity contribution in [2.24, 2.45) is 0 Å². The summed E-state index contributed by atoms with van der Waals surface area (Å²) in [6, 6.07) is 3.96. The molecule has 0 bridgehead atoms. The van der Waals surface area contributed by atoms with Gasteiger partial charge in [-0.2, -0.15) is 0 Å². The van der Waals surface area contributed by atoms with Crippen LogP contribution >= 0.6 is 0 Å². The molecule has 0 unspecified atom stereocenters. The fraction of sp³-hybridized carbons (Fsp3) is 0.583. The van der Waals surface area contributed by atoms with Gasteiger partial charge in [-0.15, -0.1) is 0 Å². The lowest BCUT2D eigenvalue weighted by Crippen LogP contribution is -2.44. The highest BCUT2D eigenvalue weighted by molar-refractivity contribution is 5.12. The van der Waals surface area contributed by atoms with Crippen LogP contribution in [0.3, 0.4) is 0 Å². The molecule has 2 rings (SSSR count). The number of piperidine rings is 1. The Morgan fingerprint density at radius 3 is 2.80 bits per heavy atom. The zero-order valence-corrected chi connectivity index (χ0v) is 9.19. The van der Waals surface area contributed by atoms with E-state index >= 15 is 0 Å². The molecule has 1 aliphatic heterocycles. The molecule has 1 N–H and O–H groups in total. The minimum absolute atomic E-state index is 0.518. The lowest BCUT2D eigenvalue weighted by Gasteiger charge is -2.36. The van der Waals surface area contributed by atoms with Crippen LogP contribution in [0.5, 0.6) is 0 Å². The van der Waals surface area contributed by atoms with E-state index < -0.39 is 5.60 Å². The first kappa shape index (κ1) is 10.6. The van der Waals surface area contributed by atoms with Crippen LogP contribution in [0.1, 0.15) is 18.4 Å². The molecule has 1 aromatic rings. The van der Waals surface area contributed by atoms with E-state index in [-0.39, 0.29) is 0 Å². The molecule has 1 aromatic heterocycles. The minimum atomic E-state index is -0.518. The molecule has 3 nitrogen and oxygen atoms in total. The van der Waals surface area contributed by atoms with Crippen LogP contribution in [0, 0.1) is 0 Å². The van der Waals surface area contributed by atoms with E-state index in [0.717, 1.165) is 37.9 Å². The largest absolute Gasteiger partial charge is 0.389 e. The van der Waals surface area contributed by atoms with Crippen LogP contribution < -0.4 is 0 Å². The second-order valence-electron chi connectivity index (χ2n) is 4.57. The van der Waals surface area contributed by atoms with Gasteiger partial charge in [0.15, 0.2) is 0 Å². The molecule has 1 aliphatic rings. The number of likely N-dealkylation sites (tertiary alicyclic amines) is 1. The van der Waals surface area contributed by atoms with Gasteiger partial charge in [-0.1, -0.05) is 6.07 Å². The third kappa shape index (κ3) is 2.76.